The zero-order valence-corrected chi connectivity index (χ0v) is 15.4. The molecule has 0 unspecified atom stereocenters. The van der Waals surface area contributed by atoms with Gasteiger partial charge in [-0.05, 0) is 26.0 Å². The highest BCUT2D eigenvalue weighted by molar-refractivity contribution is 5.91. The van der Waals surface area contributed by atoms with Crippen molar-refractivity contribution in [2.24, 2.45) is 0 Å². The van der Waals surface area contributed by atoms with Gasteiger partial charge in [-0.25, -0.2) is 9.78 Å². The number of urea groups is 1. The van der Waals surface area contributed by atoms with Crippen LogP contribution in [0.5, 0.6) is 11.6 Å². The van der Waals surface area contributed by atoms with Crippen molar-refractivity contribution >= 4 is 11.7 Å². The largest absolute Gasteiger partial charge is 0.495 e. The van der Waals surface area contributed by atoms with Crippen LogP contribution in [0, 0.1) is 13.8 Å². The van der Waals surface area contributed by atoms with Crippen LogP contribution in [-0.2, 0) is 0 Å². The standard InChI is InChI=1S/C19H24N4O3/c1-13-12-18(21-14(2)20-13)26-15-8-10-23(11-9-15)19(24)22-16-6-4-5-7-17(16)25-3/h4-7,12,15H,8-11H2,1-3H3,(H,22,24). The molecule has 1 N–H and O–H groups in total. The summed E-state index contributed by atoms with van der Waals surface area (Å²) in [7, 11) is 1.59. The van der Waals surface area contributed by atoms with E-state index in [9.17, 15) is 4.79 Å². The third-order valence-electron chi connectivity index (χ3n) is 4.31. The van der Waals surface area contributed by atoms with E-state index in [0.717, 1.165) is 18.5 Å². The molecule has 1 saturated heterocycles. The van der Waals surface area contributed by atoms with Crippen molar-refractivity contribution in [3.8, 4) is 11.6 Å². The summed E-state index contributed by atoms with van der Waals surface area (Å²) < 4.78 is 11.2. The normalized spacial score (nSPS) is 14.8. The summed E-state index contributed by atoms with van der Waals surface area (Å²) in [6.45, 7) is 5.04. The maximum atomic E-state index is 12.5. The quantitative estimate of drug-likeness (QED) is 0.910. The van der Waals surface area contributed by atoms with Crippen molar-refractivity contribution in [3.05, 3.63) is 41.9 Å². The lowest BCUT2D eigenvalue weighted by atomic mass is 10.1. The number of aryl methyl sites for hydroxylation is 2. The molecule has 1 fully saturated rings. The molecule has 2 amide bonds. The van der Waals surface area contributed by atoms with Crippen LogP contribution in [0.4, 0.5) is 10.5 Å². The number of benzene rings is 1. The van der Waals surface area contributed by atoms with E-state index in [1.807, 2.05) is 44.2 Å². The number of carbonyl (C=O) groups is 1. The molecule has 3 rings (SSSR count). The van der Waals surface area contributed by atoms with Crippen LogP contribution in [-0.4, -0.2) is 47.2 Å². The van der Waals surface area contributed by atoms with Crippen LogP contribution in [0.15, 0.2) is 30.3 Å². The molecule has 1 aliphatic rings. The van der Waals surface area contributed by atoms with Crippen molar-refractivity contribution in [2.75, 3.05) is 25.5 Å². The molecular weight excluding hydrogens is 332 g/mol. The molecule has 7 nitrogen and oxygen atoms in total. The number of nitrogens with zero attached hydrogens (tertiary/aromatic N) is 3. The highest BCUT2D eigenvalue weighted by atomic mass is 16.5. The van der Waals surface area contributed by atoms with Crippen LogP contribution in [0.25, 0.3) is 0 Å². The van der Waals surface area contributed by atoms with Crippen LogP contribution in [0.2, 0.25) is 0 Å². The van der Waals surface area contributed by atoms with Gasteiger partial charge in [-0.1, -0.05) is 12.1 Å². The Morgan fingerprint density at radius 2 is 1.92 bits per heavy atom. The van der Waals surface area contributed by atoms with E-state index in [1.165, 1.54) is 0 Å². The summed E-state index contributed by atoms with van der Waals surface area (Å²) in [6.07, 6.45) is 1.59. The second-order valence-electron chi connectivity index (χ2n) is 6.33. The highest BCUT2D eigenvalue weighted by Gasteiger charge is 2.25. The first-order chi connectivity index (χ1) is 12.5. The molecule has 1 aromatic heterocycles. The van der Waals surface area contributed by atoms with Crippen molar-refractivity contribution < 1.29 is 14.3 Å². The maximum absolute atomic E-state index is 12.5. The van der Waals surface area contributed by atoms with Gasteiger partial charge in [-0.3, -0.25) is 0 Å². The Morgan fingerprint density at radius 1 is 1.19 bits per heavy atom. The first-order valence-electron chi connectivity index (χ1n) is 8.73. The molecule has 0 bridgehead atoms. The number of anilines is 1. The van der Waals surface area contributed by atoms with Gasteiger partial charge in [0.15, 0.2) is 0 Å². The number of aromatic nitrogens is 2. The minimum absolute atomic E-state index is 0.0546. The van der Waals surface area contributed by atoms with Crippen LogP contribution in [0.3, 0.4) is 0 Å². The van der Waals surface area contributed by atoms with Gasteiger partial charge in [0.1, 0.15) is 17.7 Å². The molecule has 138 valence electrons. The van der Waals surface area contributed by atoms with Gasteiger partial charge in [0, 0.05) is 37.7 Å². The van der Waals surface area contributed by atoms with E-state index < -0.39 is 0 Å². The third-order valence-corrected chi connectivity index (χ3v) is 4.31. The predicted molar refractivity (Wildman–Crippen MR) is 98.7 cm³/mol. The molecule has 0 atom stereocenters. The Hall–Kier alpha value is -2.83. The minimum atomic E-state index is -0.123. The molecular formula is C19H24N4O3. The smallest absolute Gasteiger partial charge is 0.321 e. The maximum Gasteiger partial charge on any atom is 0.321 e. The van der Waals surface area contributed by atoms with E-state index in [-0.39, 0.29) is 12.1 Å². The summed E-state index contributed by atoms with van der Waals surface area (Å²) in [6, 6.07) is 9.10. The van der Waals surface area contributed by atoms with E-state index >= 15 is 0 Å². The first-order valence-corrected chi connectivity index (χ1v) is 8.73. The van der Waals surface area contributed by atoms with E-state index in [1.54, 1.807) is 12.0 Å². The van der Waals surface area contributed by atoms with Gasteiger partial charge in [0.05, 0.1) is 12.8 Å². The Balaban J connectivity index is 1.53. The summed E-state index contributed by atoms with van der Waals surface area (Å²) in [4.78, 5) is 22.9. The number of rotatable bonds is 4. The Kier molecular flexibility index (Phi) is 5.55. The van der Waals surface area contributed by atoms with Crippen LogP contribution in [0.1, 0.15) is 24.4 Å². The predicted octanol–water partition coefficient (Wildman–Crippen LogP) is 3.18. The number of carbonyl (C=O) groups excluding carboxylic acids is 1. The Bertz CT molecular complexity index is 753. The van der Waals surface area contributed by atoms with Gasteiger partial charge in [-0.15, -0.1) is 0 Å². The average Bonchev–Trinajstić information content (AvgIpc) is 2.62. The third kappa shape index (κ3) is 4.41. The monoisotopic (exact) mass is 356 g/mol. The van der Waals surface area contributed by atoms with Crippen molar-refractivity contribution in [2.45, 2.75) is 32.8 Å². The molecule has 1 aliphatic heterocycles. The van der Waals surface area contributed by atoms with Gasteiger partial charge in [0.2, 0.25) is 5.88 Å². The van der Waals surface area contributed by atoms with Crippen LogP contribution >= 0.6 is 0 Å². The molecule has 26 heavy (non-hydrogen) atoms. The molecule has 2 aromatic rings. The lowest BCUT2D eigenvalue weighted by Crippen LogP contribution is -2.43. The van der Waals surface area contributed by atoms with Crippen molar-refractivity contribution in [1.29, 1.82) is 0 Å². The fraction of sp³-hybridized carbons (Fsp3) is 0.421. The van der Waals surface area contributed by atoms with Gasteiger partial charge >= 0.3 is 6.03 Å². The lowest BCUT2D eigenvalue weighted by molar-refractivity contribution is 0.111. The molecule has 7 heteroatoms. The molecule has 2 heterocycles. The number of para-hydroxylation sites is 2. The zero-order valence-electron chi connectivity index (χ0n) is 15.4. The van der Waals surface area contributed by atoms with Crippen molar-refractivity contribution in [1.82, 2.24) is 14.9 Å². The number of nitrogens with one attached hydrogen (secondary N) is 1. The molecule has 0 saturated carbocycles. The molecule has 0 aliphatic carbocycles. The minimum Gasteiger partial charge on any atom is -0.495 e. The van der Waals surface area contributed by atoms with Crippen molar-refractivity contribution in [3.63, 3.8) is 0 Å². The topological polar surface area (TPSA) is 76.6 Å². The Labute approximate surface area is 153 Å². The number of amides is 2. The molecule has 0 spiro atoms. The van der Waals surface area contributed by atoms with Gasteiger partial charge < -0.3 is 19.7 Å². The lowest BCUT2D eigenvalue weighted by Gasteiger charge is -2.32. The second kappa shape index (κ2) is 8.03. The fourth-order valence-corrected chi connectivity index (χ4v) is 3.03. The number of ether oxygens (including phenoxy) is 2. The Morgan fingerprint density at radius 3 is 2.62 bits per heavy atom. The summed E-state index contributed by atoms with van der Waals surface area (Å²) in [5.41, 5.74) is 1.56. The molecule has 0 radical (unpaired) electrons. The van der Waals surface area contributed by atoms with Crippen LogP contribution < -0.4 is 14.8 Å². The zero-order chi connectivity index (χ0) is 18.5. The summed E-state index contributed by atoms with van der Waals surface area (Å²) in [5.74, 6) is 1.95. The second-order valence-corrected chi connectivity index (χ2v) is 6.33. The van der Waals surface area contributed by atoms with Gasteiger partial charge in [0.25, 0.3) is 0 Å². The average molecular weight is 356 g/mol. The van der Waals surface area contributed by atoms with E-state index in [0.29, 0.717) is 36.2 Å². The number of hydrogen-bond donors (Lipinski definition) is 1. The summed E-state index contributed by atoms with van der Waals surface area (Å²) >= 11 is 0. The number of hydrogen-bond acceptors (Lipinski definition) is 5. The number of methoxy groups -OCH3 is 1. The first kappa shape index (κ1) is 18.0. The summed E-state index contributed by atoms with van der Waals surface area (Å²) in [5, 5.41) is 2.91. The van der Waals surface area contributed by atoms with E-state index in [2.05, 4.69) is 15.3 Å². The van der Waals surface area contributed by atoms with E-state index in [4.69, 9.17) is 9.47 Å². The molecule has 1 aromatic carbocycles. The highest BCUT2D eigenvalue weighted by Crippen LogP contribution is 2.24. The SMILES string of the molecule is COc1ccccc1NC(=O)N1CCC(Oc2cc(C)nc(C)n2)CC1. The number of likely N-dealkylation sites (tertiary alicyclic amines) is 1. The number of piperidine rings is 1. The fourth-order valence-electron chi connectivity index (χ4n) is 3.03. The van der Waals surface area contributed by atoms with Gasteiger partial charge in [-0.2, -0.15) is 4.98 Å².